The Hall–Kier alpha value is -3.41. The van der Waals surface area contributed by atoms with Gasteiger partial charge in [-0.2, -0.15) is 0 Å². The number of carbonyl (C=O) groups is 1. The third-order valence-electron chi connectivity index (χ3n) is 4.00. The third kappa shape index (κ3) is 3.64. The number of hydrogen-bond acceptors (Lipinski definition) is 3. The average Bonchev–Trinajstić information content (AvgIpc) is 2.61. The van der Waals surface area contributed by atoms with E-state index in [0.29, 0.717) is 16.9 Å². The zero-order valence-electron chi connectivity index (χ0n) is 14.1. The van der Waals surface area contributed by atoms with Crippen molar-refractivity contribution in [2.45, 2.75) is 13.5 Å². The van der Waals surface area contributed by atoms with E-state index in [-0.39, 0.29) is 23.7 Å². The number of amides is 1. The summed E-state index contributed by atoms with van der Waals surface area (Å²) in [5, 5.41) is 12.7. The topological polar surface area (TPSA) is 71.3 Å². The standard InChI is InChI=1S/C20H17FN2O3/c1-13-11-17(24)18(19(25)22-16-5-3-2-4-6-16)20(26)23(13)12-14-7-9-15(21)10-8-14/h2-11,24H,12H2,1H3,(H,22,25). The molecule has 2 N–H and O–H groups in total. The van der Waals surface area contributed by atoms with Gasteiger partial charge in [-0.15, -0.1) is 0 Å². The Morgan fingerprint density at radius 3 is 2.42 bits per heavy atom. The molecule has 0 aliphatic rings. The summed E-state index contributed by atoms with van der Waals surface area (Å²) in [7, 11) is 0. The fourth-order valence-corrected chi connectivity index (χ4v) is 2.65. The molecule has 1 heterocycles. The second kappa shape index (κ2) is 7.23. The van der Waals surface area contributed by atoms with Crippen LogP contribution in [0.25, 0.3) is 0 Å². The summed E-state index contributed by atoms with van der Waals surface area (Å²) < 4.78 is 14.4. The lowest BCUT2D eigenvalue weighted by Crippen LogP contribution is -2.31. The predicted molar refractivity (Wildman–Crippen MR) is 97.0 cm³/mol. The average molecular weight is 352 g/mol. The van der Waals surface area contributed by atoms with E-state index < -0.39 is 11.5 Å². The summed E-state index contributed by atoms with van der Waals surface area (Å²) in [6.07, 6.45) is 0. The molecule has 0 atom stereocenters. The Bertz CT molecular complexity index is 996. The molecule has 0 spiro atoms. The fraction of sp³-hybridized carbons (Fsp3) is 0.100. The fourth-order valence-electron chi connectivity index (χ4n) is 2.65. The number of para-hydroxylation sites is 1. The smallest absolute Gasteiger partial charge is 0.267 e. The van der Waals surface area contributed by atoms with Crippen LogP contribution in [0.4, 0.5) is 10.1 Å². The van der Waals surface area contributed by atoms with Gasteiger partial charge in [0, 0.05) is 17.4 Å². The highest BCUT2D eigenvalue weighted by molar-refractivity contribution is 6.05. The lowest BCUT2D eigenvalue weighted by molar-refractivity contribution is 0.102. The maximum absolute atomic E-state index is 13.1. The Morgan fingerprint density at radius 2 is 1.77 bits per heavy atom. The highest BCUT2D eigenvalue weighted by atomic mass is 19.1. The molecule has 5 nitrogen and oxygen atoms in total. The van der Waals surface area contributed by atoms with Gasteiger partial charge in [-0.3, -0.25) is 9.59 Å². The molecule has 0 aliphatic heterocycles. The SMILES string of the molecule is Cc1cc(O)c(C(=O)Nc2ccccc2)c(=O)n1Cc1ccc(F)cc1. The molecular weight excluding hydrogens is 335 g/mol. The number of nitrogens with zero attached hydrogens (tertiary/aromatic N) is 1. The van der Waals surface area contributed by atoms with Crippen LogP contribution >= 0.6 is 0 Å². The van der Waals surface area contributed by atoms with Crippen molar-refractivity contribution in [3.63, 3.8) is 0 Å². The Morgan fingerprint density at radius 1 is 1.12 bits per heavy atom. The molecule has 2 aromatic carbocycles. The lowest BCUT2D eigenvalue weighted by Gasteiger charge is -2.14. The first-order chi connectivity index (χ1) is 12.5. The van der Waals surface area contributed by atoms with Crippen LogP contribution in [0, 0.1) is 12.7 Å². The monoisotopic (exact) mass is 352 g/mol. The summed E-state index contributed by atoms with van der Waals surface area (Å²) in [5.74, 6) is -1.44. The minimum atomic E-state index is -0.688. The van der Waals surface area contributed by atoms with Crippen LogP contribution in [0.5, 0.6) is 5.75 Å². The Kier molecular flexibility index (Phi) is 4.84. The van der Waals surface area contributed by atoms with Crippen molar-refractivity contribution in [3.8, 4) is 5.75 Å². The first kappa shape index (κ1) is 17.4. The zero-order valence-corrected chi connectivity index (χ0v) is 14.1. The Labute approximate surface area is 149 Å². The number of rotatable bonds is 4. The zero-order chi connectivity index (χ0) is 18.7. The van der Waals surface area contributed by atoms with Crippen molar-refractivity contribution in [1.29, 1.82) is 0 Å². The minimum absolute atomic E-state index is 0.164. The number of carbonyl (C=O) groups excluding carboxylic acids is 1. The Balaban J connectivity index is 1.97. The second-order valence-corrected chi connectivity index (χ2v) is 5.88. The molecule has 0 saturated carbocycles. The van der Waals surface area contributed by atoms with Gasteiger partial charge in [0.05, 0.1) is 6.54 Å². The van der Waals surface area contributed by atoms with E-state index >= 15 is 0 Å². The number of hydrogen-bond donors (Lipinski definition) is 2. The quantitative estimate of drug-likeness (QED) is 0.757. The van der Waals surface area contributed by atoms with Gasteiger partial charge in [-0.05, 0) is 36.8 Å². The van der Waals surface area contributed by atoms with E-state index in [2.05, 4.69) is 5.32 Å². The molecule has 26 heavy (non-hydrogen) atoms. The van der Waals surface area contributed by atoms with Crippen molar-refractivity contribution in [1.82, 2.24) is 4.57 Å². The van der Waals surface area contributed by atoms with E-state index in [4.69, 9.17) is 0 Å². The maximum Gasteiger partial charge on any atom is 0.267 e. The van der Waals surface area contributed by atoms with Gasteiger partial charge in [0.25, 0.3) is 11.5 Å². The maximum atomic E-state index is 13.1. The van der Waals surface area contributed by atoms with E-state index in [1.165, 1.54) is 22.8 Å². The first-order valence-corrected chi connectivity index (χ1v) is 8.00. The van der Waals surface area contributed by atoms with Crippen molar-refractivity contribution < 1.29 is 14.3 Å². The number of halogens is 1. The first-order valence-electron chi connectivity index (χ1n) is 8.00. The number of pyridine rings is 1. The van der Waals surface area contributed by atoms with Gasteiger partial charge < -0.3 is 15.0 Å². The molecule has 0 radical (unpaired) electrons. The van der Waals surface area contributed by atoms with Crippen molar-refractivity contribution >= 4 is 11.6 Å². The normalized spacial score (nSPS) is 10.5. The van der Waals surface area contributed by atoms with Crippen molar-refractivity contribution in [2.75, 3.05) is 5.32 Å². The van der Waals surface area contributed by atoms with Gasteiger partial charge in [-0.25, -0.2) is 4.39 Å². The predicted octanol–water partition coefficient (Wildman–Crippen LogP) is 3.30. The van der Waals surface area contributed by atoms with Gasteiger partial charge in [0.1, 0.15) is 17.1 Å². The number of aromatic nitrogens is 1. The summed E-state index contributed by atoms with van der Waals surface area (Å²) in [4.78, 5) is 25.3. The lowest BCUT2D eigenvalue weighted by atomic mass is 10.1. The molecule has 0 saturated heterocycles. The largest absolute Gasteiger partial charge is 0.507 e. The molecule has 6 heteroatoms. The molecule has 0 fully saturated rings. The summed E-state index contributed by atoms with van der Waals surface area (Å²) in [5.41, 5.74) is 0.772. The van der Waals surface area contributed by atoms with E-state index in [1.54, 1.807) is 49.4 Å². The van der Waals surface area contributed by atoms with Crippen LogP contribution in [0.3, 0.4) is 0 Å². The molecule has 0 bridgehead atoms. The summed E-state index contributed by atoms with van der Waals surface area (Å²) >= 11 is 0. The molecule has 0 unspecified atom stereocenters. The van der Waals surface area contributed by atoms with E-state index in [0.717, 1.165) is 0 Å². The minimum Gasteiger partial charge on any atom is -0.507 e. The van der Waals surface area contributed by atoms with Crippen LogP contribution in [-0.2, 0) is 6.54 Å². The summed E-state index contributed by atoms with van der Waals surface area (Å²) in [6.45, 7) is 1.82. The molecular formula is C20H17FN2O3. The second-order valence-electron chi connectivity index (χ2n) is 5.88. The number of anilines is 1. The number of benzene rings is 2. The van der Waals surface area contributed by atoms with Crippen LogP contribution in [0.2, 0.25) is 0 Å². The van der Waals surface area contributed by atoms with Gasteiger partial charge in [0.15, 0.2) is 0 Å². The van der Waals surface area contributed by atoms with Crippen LogP contribution in [0.15, 0.2) is 65.5 Å². The van der Waals surface area contributed by atoms with Gasteiger partial charge >= 0.3 is 0 Å². The molecule has 1 amide bonds. The highest BCUT2D eigenvalue weighted by Crippen LogP contribution is 2.18. The van der Waals surface area contributed by atoms with E-state index in [1.807, 2.05) is 0 Å². The van der Waals surface area contributed by atoms with Crippen LogP contribution < -0.4 is 10.9 Å². The molecule has 132 valence electrons. The molecule has 1 aromatic heterocycles. The van der Waals surface area contributed by atoms with E-state index in [9.17, 15) is 19.1 Å². The highest BCUT2D eigenvalue weighted by Gasteiger charge is 2.20. The molecule has 3 rings (SSSR count). The molecule has 0 aliphatic carbocycles. The van der Waals surface area contributed by atoms with Crippen molar-refractivity contribution in [3.05, 3.63) is 93.7 Å². The number of aromatic hydroxyl groups is 1. The van der Waals surface area contributed by atoms with Crippen molar-refractivity contribution in [2.24, 2.45) is 0 Å². The number of nitrogens with one attached hydrogen (secondary N) is 1. The van der Waals surface area contributed by atoms with Crippen LogP contribution in [-0.4, -0.2) is 15.6 Å². The van der Waals surface area contributed by atoms with Crippen LogP contribution in [0.1, 0.15) is 21.6 Å². The molecule has 3 aromatic rings. The number of aryl methyl sites for hydroxylation is 1. The van der Waals surface area contributed by atoms with Gasteiger partial charge in [0.2, 0.25) is 0 Å². The third-order valence-corrected chi connectivity index (χ3v) is 4.00. The van der Waals surface area contributed by atoms with Gasteiger partial charge in [-0.1, -0.05) is 30.3 Å². The summed E-state index contributed by atoms with van der Waals surface area (Å²) in [6, 6.07) is 15.8.